The summed E-state index contributed by atoms with van der Waals surface area (Å²) in [6, 6.07) is 58.6. The predicted octanol–water partition coefficient (Wildman–Crippen LogP) is 13.0. The van der Waals surface area contributed by atoms with E-state index in [4.69, 9.17) is 24.4 Å². The molecule has 0 aliphatic heterocycles. The van der Waals surface area contributed by atoms with E-state index in [1.807, 2.05) is 60.7 Å². The maximum absolute atomic E-state index is 6.71. The first-order chi connectivity index (χ1) is 26.7. The Bertz CT molecular complexity index is 3220. The van der Waals surface area contributed by atoms with Crippen molar-refractivity contribution < 1.29 is 4.42 Å². The van der Waals surface area contributed by atoms with Gasteiger partial charge in [-0.25, -0.2) is 19.9 Å². The Morgan fingerprint density at radius 3 is 1.81 bits per heavy atom. The van der Waals surface area contributed by atoms with Crippen molar-refractivity contribution in [1.82, 2.24) is 19.9 Å². The van der Waals surface area contributed by atoms with Crippen molar-refractivity contribution in [3.05, 3.63) is 170 Å². The van der Waals surface area contributed by atoms with E-state index in [1.165, 1.54) is 31.3 Å². The molecule has 5 nitrogen and oxygen atoms in total. The maximum Gasteiger partial charge on any atom is 0.227 e. The van der Waals surface area contributed by atoms with E-state index in [2.05, 4.69) is 109 Å². The van der Waals surface area contributed by atoms with Gasteiger partial charge in [-0.3, -0.25) is 0 Å². The van der Waals surface area contributed by atoms with Crippen molar-refractivity contribution in [1.29, 1.82) is 0 Å². The number of aromatic nitrogens is 4. The van der Waals surface area contributed by atoms with Crippen LogP contribution in [0, 0.1) is 0 Å². The highest BCUT2D eigenvalue weighted by atomic mass is 32.1. The average Bonchev–Trinajstić information content (AvgIpc) is 3.86. The van der Waals surface area contributed by atoms with Crippen LogP contribution in [0.4, 0.5) is 0 Å². The molecule has 0 amide bonds. The lowest BCUT2D eigenvalue weighted by atomic mass is 9.94. The molecule has 54 heavy (non-hydrogen) atoms. The van der Waals surface area contributed by atoms with E-state index in [0.717, 1.165) is 54.9 Å². The number of benzene rings is 8. The smallest absolute Gasteiger partial charge is 0.227 e. The van der Waals surface area contributed by atoms with Gasteiger partial charge in [-0.2, -0.15) is 0 Å². The zero-order valence-electron chi connectivity index (χ0n) is 28.8. The number of hydrogen-bond acceptors (Lipinski definition) is 6. The minimum absolute atomic E-state index is 0.552. The number of oxazole rings is 1. The van der Waals surface area contributed by atoms with Crippen LogP contribution in [0.15, 0.2) is 174 Å². The van der Waals surface area contributed by atoms with Crippen LogP contribution in [0.3, 0.4) is 0 Å². The van der Waals surface area contributed by atoms with Crippen LogP contribution in [0.1, 0.15) is 0 Å². The van der Waals surface area contributed by atoms with Crippen molar-refractivity contribution in [3.63, 3.8) is 0 Å². The standard InChI is InChI=1S/C48H28N4OS/c1-3-12-29(13-4-1)34-24-25-37(36-19-8-7-18-35(34)36)47-51-45(31-14-5-2-6-15-31)50-46(52-47)32-16-11-17-33(28-32)48-49-39-26-22-30-23-27-41-43(42(30)44(39)53-48)38-20-9-10-21-40(38)54-41/h1-28H. The minimum Gasteiger partial charge on any atom is -0.435 e. The summed E-state index contributed by atoms with van der Waals surface area (Å²) < 4.78 is 9.20. The largest absolute Gasteiger partial charge is 0.435 e. The molecule has 11 rings (SSSR count). The van der Waals surface area contributed by atoms with Crippen molar-refractivity contribution >= 4 is 64.2 Å². The molecule has 0 saturated heterocycles. The quantitative estimate of drug-likeness (QED) is 0.178. The van der Waals surface area contributed by atoms with Crippen molar-refractivity contribution in [2.75, 3.05) is 0 Å². The molecular formula is C48H28N4OS. The Kier molecular flexibility index (Phi) is 6.97. The van der Waals surface area contributed by atoms with Gasteiger partial charge in [0.25, 0.3) is 0 Å². The normalized spacial score (nSPS) is 11.7. The van der Waals surface area contributed by atoms with Gasteiger partial charge in [-0.05, 0) is 63.7 Å². The lowest BCUT2D eigenvalue weighted by Gasteiger charge is -2.13. The number of nitrogens with zero attached hydrogens (tertiary/aromatic N) is 4. The molecule has 0 radical (unpaired) electrons. The first kappa shape index (κ1) is 30.6. The summed E-state index contributed by atoms with van der Waals surface area (Å²) in [4.78, 5) is 20.3. The lowest BCUT2D eigenvalue weighted by molar-refractivity contribution is 0.623. The van der Waals surface area contributed by atoms with Crippen LogP contribution < -0.4 is 0 Å². The van der Waals surface area contributed by atoms with E-state index in [1.54, 1.807) is 11.3 Å². The summed E-state index contributed by atoms with van der Waals surface area (Å²) in [6.45, 7) is 0. The van der Waals surface area contributed by atoms with Gasteiger partial charge in [-0.15, -0.1) is 11.3 Å². The van der Waals surface area contributed by atoms with Crippen LogP contribution in [0.25, 0.3) is 110 Å². The topological polar surface area (TPSA) is 64.7 Å². The summed E-state index contributed by atoms with van der Waals surface area (Å²) in [5, 5.41) is 6.89. The second kappa shape index (κ2) is 12.3. The molecule has 0 N–H and O–H groups in total. The lowest BCUT2D eigenvalue weighted by Crippen LogP contribution is -2.01. The summed E-state index contributed by atoms with van der Waals surface area (Å²) >= 11 is 1.81. The highest BCUT2D eigenvalue weighted by Gasteiger charge is 2.19. The minimum atomic E-state index is 0.552. The zero-order chi connectivity index (χ0) is 35.6. The Hall–Kier alpha value is -7.02. The van der Waals surface area contributed by atoms with E-state index in [-0.39, 0.29) is 0 Å². The summed E-state index contributed by atoms with van der Waals surface area (Å²) in [7, 11) is 0. The van der Waals surface area contributed by atoms with E-state index >= 15 is 0 Å². The number of rotatable bonds is 5. The molecule has 252 valence electrons. The Balaban J connectivity index is 1.07. The summed E-state index contributed by atoms with van der Waals surface area (Å²) in [6.07, 6.45) is 0. The molecule has 0 unspecified atom stereocenters. The Morgan fingerprint density at radius 1 is 0.389 bits per heavy atom. The monoisotopic (exact) mass is 708 g/mol. The molecule has 6 heteroatoms. The molecule has 0 fully saturated rings. The third-order valence-corrected chi connectivity index (χ3v) is 11.3. The molecule has 0 aliphatic carbocycles. The van der Waals surface area contributed by atoms with Crippen LogP contribution in [-0.4, -0.2) is 19.9 Å². The molecule has 0 saturated carbocycles. The fourth-order valence-electron chi connectivity index (χ4n) is 7.63. The average molecular weight is 709 g/mol. The highest BCUT2D eigenvalue weighted by molar-refractivity contribution is 7.26. The highest BCUT2D eigenvalue weighted by Crippen LogP contribution is 2.42. The predicted molar refractivity (Wildman–Crippen MR) is 222 cm³/mol. The molecule has 0 aliphatic rings. The fourth-order valence-corrected chi connectivity index (χ4v) is 8.74. The van der Waals surface area contributed by atoms with Crippen LogP contribution >= 0.6 is 11.3 Å². The molecule has 3 aromatic heterocycles. The van der Waals surface area contributed by atoms with E-state index in [9.17, 15) is 0 Å². The molecule has 11 aromatic rings. The van der Waals surface area contributed by atoms with Crippen molar-refractivity contribution in [3.8, 4) is 56.7 Å². The fraction of sp³-hybridized carbons (Fsp3) is 0. The van der Waals surface area contributed by atoms with Gasteiger partial charge in [0.05, 0.1) is 0 Å². The zero-order valence-corrected chi connectivity index (χ0v) is 29.6. The molecular weight excluding hydrogens is 681 g/mol. The van der Waals surface area contributed by atoms with Gasteiger partial charge in [0.15, 0.2) is 23.1 Å². The van der Waals surface area contributed by atoms with Crippen molar-refractivity contribution in [2.45, 2.75) is 0 Å². The van der Waals surface area contributed by atoms with Gasteiger partial charge >= 0.3 is 0 Å². The molecule has 3 heterocycles. The molecule has 8 aromatic carbocycles. The molecule has 0 atom stereocenters. The van der Waals surface area contributed by atoms with Crippen LogP contribution in [0.5, 0.6) is 0 Å². The number of thiophene rings is 1. The van der Waals surface area contributed by atoms with Gasteiger partial charge in [0, 0.05) is 47.8 Å². The van der Waals surface area contributed by atoms with E-state index < -0.39 is 0 Å². The maximum atomic E-state index is 6.71. The Morgan fingerprint density at radius 2 is 1.00 bits per heavy atom. The summed E-state index contributed by atoms with van der Waals surface area (Å²) in [5.41, 5.74) is 7.50. The van der Waals surface area contributed by atoms with Gasteiger partial charge in [0.2, 0.25) is 5.89 Å². The third-order valence-electron chi connectivity index (χ3n) is 10.2. The third kappa shape index (κ3) is 4.99. The van der Waals surface area contributed by atoms with Gasteiger partial charge in [0.1, 0.15) is 5.52 Å². The van der Waals surface area contributed by atoms with Crippen LogP contribution in [0.2, 0.25) is 0 Å². The second-order valence-corrected chi connectivity index (χ2v) is 14.5. The Labute approximate surface area is 313 Å². The number of fused-ring (bicyclic) bond motifs is 8. The molecule has 0 bridgehead atoms. The number of hydrogen-bond donors (Lipinski definition) is 0. The van der Waals surface area contributed by atoms with Gasteiger partial charge < -0.3 is 4.42 Å². The molecule has 0 spiro atoms. The first-order valence-corrected chi connectivity index (χ1v) is 18.7. The summed E-state index contributed by atoms with van der Waals surface area (Å²) in [5.74, 6) is 2.35. The first-order valence-electron chi connectivity index (χ1n) is 17.9. The van der Waals surface area contributed by atoms with Crippen molar-refractivity contribution in [2.24, 2.45) is 0 Å². The van der Waals surface area contributed by atoms with E-state index in [0.29, 0.717) is 23.4 Å². The SMILES string of the molecule is c1ccc(-c2nc(-c3cccc(-c4nc5ccc6ccc7sc8ccccc8c7c6c5o4)c3)nc(-c3ccc(-c4ccccc4)c4ccccc34)n2)cc1. The van der Waals surface area contributed by atoms with Crippen LogP contribution in [-0.2, 0) is 0 Å². The van der Waals surface area contributed by atoms with Gasteiger partial charge in [-0.1, -0.05) is 133 Å². The second-order valence-electron chi connectivity index (χ2n) is 13.4.